The Bertz CT molecular complexity index is 1400. The first-order valence-corrected chi connectivity index (χ1v) is 14.8. The molecule has 0 bridgehead atoms. The number of hydrogen-bond acceptors (Lipinski definition) is 8. The molecular formula is C28H34BrN7O3S. The Morgan fingerprint density at radius 1 is 1.27 bits per heavy atom. The van der Waals surface area contributed by atoms with Crippen molar-refractivity contribution >= 4 is 56.7 Å². The lowest BCUT2D eigenvalue weighted by Crippen LogP contribution is -2.36. The summed E-state index contributed by atoms with van der Waals surface area (Å²) in [6, 6.07) is 11.4. The third-order valence-corrected chi connectivity index (χ3v) is 8.42. The van der Waals surface area contributed by atoms with E-state index in [0.717, 1.165) is 29.9 Å². The SMILES string of the molecule is COc1cc(N2CCOCC2)c(-c2cnn(C)c2)cc1\N=C/C(Br)=C(\N=C\N)Nc1ccccc1[S+]([O-])C(C)C. The zero-order valence-electron chi connectivity index (χ0n) is 23.0. The molecule has 12 heteroatoms. The molecule has 0 saturated carbocycles. The van der Waals surface area contributed by atoms with Crippen molar-refractivity contribution < 1.29 is 14.0 Å². The number of para-hydroxylation sites is 1. The van der Waals surface area contributed by atoms with Crippen molar-refractivity contribution in [2.45, 2.75) is 24.0 Å². The van der Waals surface area contributed by atoms with Crippen LogP contribution in [0.4, 0.5) is 17.1 Å². The third-order valence-electron chi connectivity index (χ3n) is 6.20. The number of ether oxygens (including phenoxy) is 2. The fraction of sp³-hybridized carbons (Fsp3) is 0.321. The van der Waals surface area contributed by atoms with E-state index in [1.807, 2.05) is 69.7 Å². The molecule has 1 atom stereocenters. The molecule has 1 aliphatic heterocycles. The van der Waals surface area contributed by atoms with Gasteiger partial charge in [0.2, 0.25) is 0 Å². The van der Waals surface area contributed by atoms with Crippen LogP contribution in [0.5, 0.6) is 5.75 Å². The van der Waals surface area contributed by atoms with Crippen LogP contribution in [0.1, 0.15) is 13.8 Å². The van der Waals surface area contributed by atoms with E-state index in [-0.39, 0.29) is 5.25 Å². The van der Waals surface area contributed by atoms with E-state index in [0.29, 0.717) is 45.5 Å². The highest BCUT2D eigenvalue weighted by Gasteiger charge is 2.22. The Kier molecular flexibility index (Phi) is 10.3. The number of aromatic nitrogens is 2. The standard InChI is InChI=1S/C28H34BrN7O3S/c1-19(2)40(37)27-8-6-5-7-23(27)34-28(32-18-30)22(29)16-31-24-13-21(20-15-33-35(3)17-20)25(14-26(24)38-4)36-9-11-39-12-10-36/h5-8,13-19,34H,9-12H2,1-4H3,(H2,30,32)/b28-22-,31-16-. The van der Waals surface area contributed by atoms with Crippen LogP contribution in [-0.2, 0) is 23.0 Å². The van der Waals surface area contributed by atoms with Gasteiger partial charge in [-0.05, 0) is 59.2 Å². The van der Waals surface area contributed by atoms with Crippen LogP contribution in [0.25, 0.3) is 11.1 Å². The Morgan fingerprint density at radius 2 is 2.02 bits per heavy atom. The Balaban J connectivity index is 1.73. The lowest BCUT2D eigenvalue weighted by atomic mass is 10.0. The number of hydrogen-bond donors (Lipinski definition) is 2. The maximum atomic E-state index is 12.9. The van der Waals surface area contributed by atoms with Gasteiger partial charge in [-0.15, -0.1) is 0 Å². The monoisotopic (exact) mass is 627 g/mol. The van der Waals surface area contributed by atoms with Crippen molar-refractivity contribution in [2.75, 3.05) is 43.6 Å². The van der Waals surface area contributed by atoms with Crippen LogP contribution in [0.15, 0.2) is 74.0 Å². The summed E-state index contributed by atoms with van der Waals surface area (Å²) in [5.41, 5.74) is 9.97. The second kappa shape index (κ2) is 13.8. The number of rotatable bonds is 10. The maximum absolute atomic E-state index is 12.9. The minimum atomic E-state index is -1.19. The topological polar surface area (TPSA) is 125 Å². The molecule has 3 aromatic rings. The van der Waals surface area contributed by atoms with E-state index in [4.69, 9.17) is 20.2 Å². The maximum Gasteiger partial charge on any atom is 0.176 e. The van der Waals surface area contributed by atoms with Gasteiger partial charge in [-0.2, -0.15) is 5.10 Å². The second-order valence-electron chi connectivity index (χ2n) is 9.24. The highest BCUT2D eigenvalue weighted by Crippen LogP contribution is 2.41. The molecule has 40 heavy (non-hydrogen) atoms. The smallest absolute Gasteiger partial charge is 0.176 e. The summed E-state index contributed by atoms with van der Waals surface area (Å²) in [6.07, 6.45) is 6.64. The summed E-state index contributed by atoms with van der Waals surface area (Å²) in [7, 11) is 3.52. The van der Waals surface area contributed by atoms with E-state index in [1.54, 1.807) is 18.0 Å². The van der Waals surface area contributed by atoms with Crippen molar-refractivity contribution in [1.82, 2.24) is 9.78 Å². The van der Waals surface area contributed by atoms with E-state index >= 15 is 0 Å². The van der Waals surface area contributed by atoms with Gasteiger partial charge in [0.15, 0.2) is 4.90 Å². The van der Waals surface area contributed by atoms with Gasteiger partial charge in [0, 0.05) is 55.4 Å². The van der Waals surface area contributed by atoms with Crippen molar-refractivity contribution in [1.29, 1.82) is 0 Å². The first-order valence-electron chi connectivity index (χ1n) is 12.8. The molecular weight excluding hydrogens is 594 g/mol. The molecule has 0 radical (unpaired) electrons. The number of methoxy groups -OCH3 is 1. The molecule has 10 nitrogen and oxygen atoms in total. The van der Waals surface area contributed by atoms with Gasteiger partial charge < -0.3 is 30.0 Å². The first-order chi connectivity index (χ1) is 19.3. The molecule has 3 N–H and O–H groups in total. The zero-order valence-corrected chi connectivity index (χ0v) is 25.4. The molecule has 1 aliphatic rings. The number of aliphatic imine (C=N–C) groups is 2. The largest absolute Gasteiger partial charge is 0.611 e. The molecule has 1 aromatic heterocycles. The van der Waals surface area contributed by atoms with Crippen molar-refractivity contribution in [3.63, 3.8) is 0 Å². The van der Waals surface area contributed by atoms with Gasteiger partial charge in [0.25, 0.3) is 0 Å². The number of nitrogens with one attached hydrogen (secondary N) is 1. The number of nitrogens with zero attached hydrogens (tertiary/aromatic N) is 5. The van der Waals surface area contributed by atoms with Crippen LogP contribution in [0, 0.1) is 0 Å². The third kappa shape index (κ3) is 7.05. The number of benzene rings is 2. The number of nitrogens with two attached hydrogens (primary N) is 1. The molecule has 1 saturated heterocycles. The van der Waals surface area contributed by atoms with Crippen LogP contribution >= 0.6 is 15.9 Å². The summed E-state index contributed by atoms with van der Waals surface area (Å²) >= 11 is 2.39. The van der Waals surface area contributed by atoms with Crippen LogP contribution in [-0.4, -0.2) is 65.5 Å². The molecule has 1 fully saturated rings. The van der Waals surface area contributed by atoms with Crippen molar-refractivity contribution in [3.05, 3.63) is 59.1 Å². The van der Waals surface area contributed by atoms with Crippen LogP contribution in [0.3, 0.4) is 0 Å². The highest BCUT2D eigenvalue weighted by atomic mass is 79.9. The number of halogens is 1. The van der Waals surface area contributed by atoms with Gasteiger partial charge in [-0.3, -0.25) is 9.67 Å². The number of aryl methyl sites for hydroxylation is 1. The lowest BCUT2D eigenvalue weighted by Gasteiger charge is -2.31. The summed E-state index contributed by atoms with van der Waals surface area (Å²) in [4.78, 5) is 12.0. The first kappa shape index (κ1) is 29.7. The number of anilines is 2. The Morgan fingerprint density at radius 3 is 2.67 bits per heavy atom. The second-order valence-corrected chi connectivity index (χ2v) is 12.1. The summed E-state index contributed by atoms with van der Waals surface area (Å²) in [5, 5.41) is 7.58. The average molecular weight is 629 g/mol. The van der Waals surface area contributed by atoms with E-state index in [9.17, 15) is 4.55 Å². The molecule has 2 heterocycles. The molecule has 0 aliphatic carbocycles. The molecule has 0 spiro atoms. The highest BCUT2D eigenvalue weighted by molar-refractivity contribution is 9.12. The minimum Gasteiger partial charge on any atom is -0.611 e. The van der Waals surface area contributed by atoms with Gasteiger partial charge in [-0.25, -0.2) is 4.99 Å². The zero-order chi connectivity index (χ0) is 28.6. The summed E-state index contributed by atoms with van der Waals surface area (Å²) in [5.74, 6) is 1.04. The Hall–Kier alpha value is -3.32. The van der Waals surface area contributed by atoms with E-state index in [2.05, 4.69) is 36.2 Å². The predicted molar refractivity (Wildman–Crippen MR) is 167 cm³/mol. The quantitative estimate of drug-likeness (QED) is 0.188. The normalized spacial score (nSPS) is 15.6. The van der Waals surface area contributed by atoms with Gasteiger partial charge >= 0.3 is 0 Å². The molecule has 0 amide bonds. The van der Waals surface area contributed by atoms with E-state index in [1.165, 1.54) is 6.34 Å². The molecule has 2 aromatic carbocycles. The van der Waals surface area contributed by atoms with Crippen LogP contribution in [0.2, 0.25) is 0 Å². The average Bonchev–Trinajstić information content (AvgIpc) is 3.41. The predicted octanol–water partition coefficient (Wildman–Crippen LogP) is 4.81. The molecule has 4 rings (SSSR count). The van der Waals surface area contributed by atoms with E-state index < -0.39 is 11.2 Å². The van der Waals surface area contributed by atoms with Crippen molar-refractivity contribution in [3.8, 4) is 16.9 Å². The fourth-order valence-corrected chi connectivity index (χ4v) is 5.58. The van der Waals surface area contributed by atoms with Crippen LogP contribution < -0.4 is 20.7 Å². The fourth-order valence-electron chi connectivity index (χ4n) is 4.22. The summed E-state index contributed by atoms with van der Waals surface area (Å²) in [6.45, 7) is 6.73. The van der Waals surface area contributed by atoms with Gasteiger partial charge in [0.1, 0.15) is 22.5 Å². The molecule has 212 valence electrons. The molecule has 1 unspecified atom stereocenters. The van der Waals surface area contributed by atoms with Crippen molar-refractivity contribution in [2.24, 2.45) is 22.8 Å². The van der Waals surface area contributed by atoms with Gasteiger partial charge in [-0.1, -0.05) is 12.1 Å². The summed E-state index contributed by atoms with van der Waals surface area (Å²) < 4.78 is 26.5. The number of morpholine rings is 1. The Labute approximate surface area is 246 Å². The number of allylic oxidation sites excluding steroid dienone is 1. The minimum absolute atomic E-state index is 0.0414. The lowest BCUT2D eigenvalue weighted by molar-refractivity contribution is 0.122. The van der Waals surface area contributed by atoms with Gasteiger partial charge in [0.05, 0.1) is 43.0 Å².